The van der Waals surface area contributed by atoms with E-state index in [0.717, 1.165) is 24.4 Å². The van der Waals surface area contributed by atoms with Gasteiger partial charge in [0.25, 0.3) is 0 Å². The number of H-pyrrole nitrogens is 1. The molecule has 0 atom stereocenters. The van der Waals surface area contributed by atoms with Crippen LogP contribution in [0.2, 0.25) is 0 Å². The van der Waals surface area contributed by atoms with Gasteiger partial charge in [-0.15, -0.1) is 0 Å². The van der Waals surface area contributed by atoms with Gasteiger partial charge >= 0.3 is 0 Å². The number of benzene rings is 1. The van der Waals surface area contributed by atoms with Gasteiger partial charge < -0.3 is 5.32 Å². The third-order valence-corrected chi connectivity index (χ3v) is 4.34. The number of sulfonamides is 1. The molecule has 1 aromatic carbocycles. The summed E-state index contributed by atoms with van der Waals surface area (Å²) in [6.45, 7) is 3.05. The minimum atomic E-state index is -3.40. The van der Waals surface area contributed by atoms with Gasteiger partial charge in [-0.25, -0.2) is 18.1 Å². The molecule has 2 rings (SSSR count). The summed E-state index contributed by atoms with van der Waals surface area (Å²) in [7, 11) is -3.40. The molecule has 8 heteroatoms. The smallest absolute Gasteiger partial charge is 0.240 e. The second-order valence-corrected chi connectivity index (χ2v) is 6.30. The van der Waals surface area contributed by atoms with E-state index < -0.39 is 10.0 Å². The summed E-state index contributed by atoms with van der Waals surface area (Å²) in [5.41, 5.74) is 0.865. The zero-order valence-electron chi connectivity index (χ0n) is 11.8. The molecule has 0 spiro atoms. The van der Waals surface area contributed by atoms with Crippen LogP contribution in [0.4, 0.5) is 5.69 Å². The van der Waals surface area contributed by atoms with Crippen LogP contribution in [0.5, 0.6) is 0 Å². The lowest BCUT2D eigenvalue weighted by Gasteiger charge is -2.08. The number of aromatic nitrogens is 3. The fourth-order valence-corrected chi connectivity index (χ4v) is 2.88. The van der Waals surface area contributed by atoms with Crippen LogP contribution in [-0.2, 0) is 16.4 Å². The van der Waals surface area contributed by atoms with Crippen molar-refractivity contribution in [3.63, 3.8) is 0 Å². The van der Waals surface area contributed by atoms with Crippen molar-refractivity contribution in [3.8, 4) is 0 Å². The first-order valence-electron chi connectivity index (χ1n) is 6.79. The second-order valence-electron chi connectivity index (χ2n) is 4.53. The molecule has 114 valence electrons. The molecule has 1 heterocycles. The topological polar surface area (TPSA) is 99.8 Å². The summed E-state index contributed by atoms with van der Waals surface area (Å²) in [6, 6.07) is 6.69. The van der Waals surface area contributed by atoms with Crippen LogP contribution >= 0.6 is 0 Å². The van der Waals surface area contributed by atoms with Crippen molar-refractivity contribution in [3.05, 3.63) is 36.4 Å². The minimum absolute atomic E-state index is 0.275. The Morgan fingerprint density at radius 3 is 2.57 bits per heavy atom. The van der Waals surface area contributed by atoms with Crippen molar-refractivity contribution in [2.75, 3.05) is 18.4 Å². The third kappa shape index (κ3) is 4.54. The summed E-state index contributed by atoms with van der Waals surface area (Å²) in [5.74, 6) is 0.811. The summed E-state index contributed by atoms with van der Waals surface area (Å²) in [5, 5.41) is 9.76. The zero-order chi connectivity index (χ0) is 15.1. The molecule has 0 saturated heterocycles. The number of aromatic amines is 1. The van der Waals surface area contributed by atoms with E-state index >= 15 is 0 Å². The maximum Gasteiger partial charge on any atom is 0.240 e. The molecule has 21 heavy (non-hydrogen) atoms. The van der Waals surface area contributed by atoms with Crippen LogP contribution in [0, 0.1) is 0 Å². The molecule has 0 aliphatic rings. The molecule has 7 nitrogen and oxygen atoms in total. The molecule has 3 N–H and O–H groups in total. The van der Waals surface area contributed by atoms with E-state index in [9.17, 15) is 8.42 Å². The van der Waals surface area contributed by atoms with Crippen LogP contribution in [0.1, 0.15) is 19.2 Å². The van der Waals surface area contributed by atoms with E-state index in [1.807, 2.05) is 6.92 Å². The van der Waals surface area contributed by atoms with E-state index in [-0.39, 0.29) is 4.90 Å². The molecule has 0 radical (unpaired) electrons. The average molecular weight is 309 g/mol. The lowest BCUT2D eigenvalue weighted by molar-refractivity contribution is 0.581. The van der Waals surface area contributed by atoms with Gasteiger partial charge in [0, 0.05) is 25.2 Å². The third-order valence-electron chi connectivity index (χ3n) is 2.86. The second kappa shape index (κ2) is 7.19. The highest BCUT2D eigenvalue weighted by Gasteiger charge is 2.12. The van der Waals surface area contributed by atoms with Gasteiger partial charge in [0.15, 0.2) is 0 Å². The Bertz CT molecular complexity index is 638. The Labute approximate surface area is 124 Å². The lowest BCUT2D eigenvalue weighted by atomic mass is 10.3. The molecular formula is C13H19N5O2S. The predicted molar refractivity (Wildman–Crippen MR) is 80.5 cm³/mol. The standard InChI is InChI=1S/C13H19N5O2S/c1-2-8-17-21(19,20)12-5-3-11(4-6-12)14-9-7-13-15-10-16-18-13/h3-6,10,14,17H,2,7-9H2,1H3,(H,15,16,18). The Kier molecular flexibility index (Phi) is 5.29. The first-order chi connectivity index (χ1) is 10.1. The van der Waals surface area contributed by atoms with Crippen LogP contribution in [0.25, 0.3) is 0 Å². The number of hydrogen-bond acceptors (Lipinski definition) is 5. The van der Waals surface area contributed by atoms with E-state index in [0.29, 0.717) is 13.1 Å². The average Bonchev–Trinajstić information content (AvgIpc) is 2.99. The number of anilines is 1. The van der Waals surface area contributed by atoms with Crippen LogP contribution in [0.15, 0.2) is 35.5 Å². The molecule has 0 aliphatic carbocycles. The monoisotopic (exact) mass is 309 g/mol. The van der Waals surface area contributed by atoms with Gasteiger partial charge in [-0.1, -0.05) is 6.92 Å². The van der Waals surface area contributed by atoms with Crippen molar-refractivity contribution in [1.29, 1.82) is 0 Å². The highest BCUT2D eigenvalue weighted by atomic mass is 32.2. The Balaban J connectivity index is 1.89. The molecule has 0 fully saturated rings. The van der Waals surface area contributed by atoms with Crippen molar-refractivity contribution in [2.45, 2.75) is 24.7 Å². The SMILES string of the molecule is CCCNS(=O)(=O)c1ccc(NCCc2ncn[nH]2)cc1. The number of rotatable bonds is 8. The summed E-state index contributed by atoms with van der Waals surface area (Å²) >= 11 is 0. The lowest BCUT2D eigenvalue weighted by Crippen LogP contribution is -2.24. The Hall–Kier alpha value is -1.93. The fraction of sp³-hybridized carbons (Fsp3) is 0.385. The van der Waals surface area contributed by atoms with E-state index in [1.54, 1.807) is 24.3 Å². The summed E-state index contributed by atoms with van der Waals surface area (Å²) in [4.78, 5) is 4.30. The Morgan fingerprint density at radius 2 is 1.95 bits per heavy atom. The van der Waals surface area contributed by atoms with Gasteiger partial charge in [-0.2, -0.15) is 5.10 Å². The van der Waals surface area contributed by atoms with E-state index in [1.165, 1.54) is 6.33 Å². The van der Waals surface area contributed by atoms with Crippen LogP contribution in [0.3, 0.4) is 0 Å². The zero-order valence-corrected chi connectivity index (χ0v) is 12.7. The molecule has 0 aliphatic heterocycles. The van der Waals surface area contributed by atoms with Crippen LogP contribution < -0.4 is 10.0 Å². The maximum atomic E-state index is 11.9. The normalized spacial score (nSPS) is 11.5. The van der Waals surface area contributed by atoms with E-state index in [4.69, 9.17) is 0 Å². The van der Waals surface area contributed by atoms with Gasteiger partial charge in [0.1, 0.15) is 12.2 Å². The highest BCUT2D eigenvalue weighted by molar-refractivity contribution is 7.89. The largest absolute Gasteiger partial charge is 0.385 e. The van der Waals surface area contributed by atoms with E-state index in [2.05, 4.69) is 25.2 Å². The maximum absolute atomic E-state index is 11.9. The van der Waals surface area contributed by atoms with Gasteiger partial charge in [0.05, 0.1) is 4.90 Å². The first kappa shape index (κ1) is 15.5. The Morgan fingerprint density at radius 1 is 1.19 bits per heavy atom. The molecule has 1 aromatic heterocycles. The molecule has 0 bridgehead atoms. The predicted octanol–water partition coefficient (Wildman–Crippen LogP) is 1.15. The molecule has 0 unspecified atom stereocenters. The molecule has 0 amide bonds. The summed E-state index contributed by atoms with van der Waals surface area (Å²) < 4.78 is 26.4. The van der Waals surface area contributed by atoms with Crippen molar-refractivity contribution in [2.24, 2.45) is 0 Å². The van der Waals surface area contributed by atoms with Crippen molar-refractivity contribution >= 4 is 15.7 Å². The highest BCUT2D eigenvalue weighted by Crippen LogP contribution is 2.13. The molecular weight excluding hydrogens is 290 g/mol. The fourth-order valence-electron chi connectivity index (χ4n) is 1.75. The van der Waals surface area contributed by atoms with Crippen molar-refractivity contribution in [1.82, 2.24) is 19.9 Å². The van der Waals surface area contributed by atoms with Gasteiger partial charge in [-0.05, 0) is 30.7 Å². The minimum Gasteiger partial charge on any atom is -0.385 e. The summed E-state index contributed by atoms with van der Waals surface area (Å²) in [6.07, 6.45) is 2.96. The molecule has 0 saturated carbocycles. The first-order valence-corrected chi connectivity index (χ1v) is 8.28. The number of nitrogens with zero attached hydrogens (tertiary/aromatic N) is 2. The number of hydrogen-bond donors (Lipinski definition) is 3. The van der Waals surface area contributed by atoms with Crippen LogP contribution in [-0.4, -0.2) is 36.7 Å². The quantitative estimate of drug-likeness (QED) is 0.679. The molecule has 2 aromatic rings. The van der Waals surface area contributed by atoms with Crippen molar-refractivity contribution < 1.29 is 8.42 Å². The van der Waals surface area contributed by atoms with Gasteiger partial charge in [-0.3, -0.25) is 5.10 Å². The van der Waals surface area contributed by atoms with Gasteiger partial charge in [0.2, 0.25) is 10.0 Å². The number of nitrogens with one attached hydrogen (secondary N) is 3.